The quantitative estimate of drug-likeness (QED) is 0.358. The van der Waals surface area contributed by atoms with Gasteiger partial charge in [-0.05, 0) is 42.8 Å². The van der Waals surface area contributed by atoms with Gasteiger partial charge in [0.05, 0.1) is 23.4 Å². The van der Waals surface area contributed by atoms with E-state index in [0.29, 0.717) is 6.61 Å². The Hall–Kier alpha value is -2.98. The normalized spacial score (nSPS) is 11.7. The summed E-state index contributed by atoms with van der Waals surface area (Å²) in [5, 5.41) is 15.2. The van der Waals surface area contributed by atoms with Crippen LogP contribution in [0.4, 0.5) is 11.4 Å². The Kier molecular flexibility index (Phi) is 7.68. The lowest BCUT2D eigenvalue weighted by molar-refractivity contribution is -0.385. The van der Waals surface area contributed by atoms with Gasteiger partial charge in [-0.25, -0.2) is 8.42 Å². The zero-order chi connectivity index (χ0) is 21.4. The van der Waals surface area contributed by atoms with Crippen molar-refractivity contribution in [3.63, 3.8) is 0 Å². The summed E-state index contributed by atoms with van der Waals surface area (Å²) in [6.07, 6.45) is 1.52. The number of anilines is 1. The number of benzene rings is 2. The number of ether oxygens (including phenoxy) is 1. The first-order chi connectivity index (χ1) is 13.8. The average molecular weight is 420 g/mol. The van der Waals surface area contributed by atoms with Gasteiger partial charge < -0.3 is 4.74 Å². The topological polar surface area (TPSA) is 114 Å². The highest BCUT2D eigenvalue weighted by Gasteiger charge is 2.27. The monoisotopic (exact) mass is 420 g/mol. The molecule has 29 heavy (non-hydrogen) atoms. The lowest BCUT2D eigenvalue weighted by Gasteiger charge is -2.20. The second-order valence-electron chi connectivity index (χ2n) is 5.90. The third-order valence-electron chi connectivity index (χ3n) is 4.09. The van der Waals surface area contributed by atoms with E-state index in [1.807, 2.05) is 6.92 Å². The number of nitrogens with zero attached hydrogens (tertiary/aromatic N) is 3. The molecule has 0 radical (unpaired) electrons. The maximum absolute atomic E-state index is 12.9. The molecule has 156 valence electrons. The summed E-state index contributed by atoms with van der Waals surface area (Å²) < 4.78 is 32.4. The van der Waals surface area contributed by atoms with Crippen molar-refractivity contribution < 1.29 is 18.1 Å². The molecule has 2 aromatic rings. The van der Waals surface area contributed by atoms with Gasteiger partial charge in [-0.1, -0.05) is 13.8 Å². The molecular formula is C19H24N4O5S. The third-order valence-corrected chi connectivity index (χ3v) is 6.18. The number of nitro benzene ring substituents is 1. The molecule has 0 heterocycles. The van der Waals surface area contributed by atoms with Gasteiger partial charge >= 0.3 is 0 Å². The van der Waals surface area contributed by atoms with Crippen LogP contribution in [0.1, 0.15) is 26.3 Å². The lowest BCUT2D eigenvalue weighted by atomic mass is 10.2. The summed E-state index contributed by atoms with van der Waals surface area (Å²) in [6, 6.07) is 10.8. The predicted octanol–water partition coefficient (Wildman–Crippen LogP) is 3.47. The number of hydrazone groups is 1. The molecule has 2 aromatic carbocycles. The van der Waals surface area contributed by atoms with Crippen LogP contribution >= 0.6 is 0 Å². The first kappa shape index (κ1) is 22.3. The second-order valence-corrected chi connectivity index (χ2v) is 7.81. The number of rotatable bonds is 10. The molecule has 0 aliphatic rings. The molecule has 0 unspecified atom stereocenters. The zero-order valence-corrected chi connectivity index (χ0v) is 17.3. The molecule has 0 spiro atoms. The highest BCUT2D eigenvalue weighted by Crippen LogP contribution is 2.29. The van der Waals surface area contributed by atoms with E-state index < -0.39 is 14.9 Å². The molecule has 1 N–H and O–H groups in total. The smallest absolute Gasteiger partial charge is 0.270 e. The summed E-state index contributed by atoms with van der Waals surface area (Å²) in [6.45, 7) is 6.37. The maximum Gasteiger partial charge on any atom is 0.270 e. The SMILES string of the molecule is CCOc1ccc(/C=N/Nc2ccc([N+](=O)[O-])cc2S(=O)(=O)N(CC)CC)cc1. The van der Waals surface area contributed by atoms with Gasteiger partial charge in [0, 0.05) is 25.2 Å². The minimum Gasteiger partial charge on any atom is -0.494 e. The van der Waals surface area contributed by atoms with Gasteiger partial charge in [0.2, 0.25) is 10.0 Å². The van der Waals surface area contributed by atoms with Crippen LogP contribution < -0.4 is 10.2 Å². The van der Waals surface area contributed by atoms with Crippen LogP contribution in [0.5, 0.6) is 5.75 Å². The third kappa shape index (κ3) is 5.52. The molecule has 0 aliphatic heterocycles. The molecule has 2 rings (SSSR count). The van der Waals surface area contributed by atoms with E-state index in [2.05, 4.69) is 10.5 Å². The Morgan fingerprint density at radius 3 is 2.34 bits per heavy atom. The van der Waals surface area contributed by atoms with Crippen molar-refractivity contribution in [1.82, 2.24) is 4.31 Å². The summed E-state index contributed by atoms with van der Waals surface area (Å²) in [5.74, 6) is 0.737. The van der Waals surface area contributed by atoms with Crippen LogP contribution in [-0.4, -0.2) is 43.6 Å². The van der Waals surface area contributed by atoms with E-state index in [-0.39, 0.29) is 29.4 Å². The largest absolute Gasteiger partial charge is 0.494 e. The standard InChI is InChI=1S/C19H24N4O5S/c1-4-22(5-2)29(26,27)19-13-16(23(24)25)9-12-18(19)21-20-14-15-7-10-17(11-8-15)28-6-3/h7-14,21H,4-6H2,1-3H3/b20-14+. The lowest BCUT2D eigenvalue weighted by Crippen LogP contribution is -2.31. The number of nitro groups is 1. The van der Waals surface area contributed by atoms with Crippen molar-refractivity contribution in [2.45, 2.75) is 25.7 Å². The highest BCUT2D eigenvalue weighted by atomic mass is 32.2. The van der Waals surface area contributed by atoms with Crippen LogP contribution in [0.25, 0.3) is 0 Å². The van der Waals surface area contributed by atoms with E-state index in [9.17, 15) is 18.5 Å². The van der Waals surface area contributed by atoms with E-state index in [0.717, 1.165) is 17.4 Å². The molecule has 0 aliphatic carbocycles. The molecular weight excluding hydrogens is 396 g/mol. The number of nitrogens with one attached hydrogen (secondary N) is 1. The Labute approximate surface area is 170 Å². The Morgan fingerprint density at radius 1 is 1.14 bits per heavy atom. The number of hydrogen-bond acceptors (Lipinski definition) is 7. The molecule has 0 bridgehead atoms. The van der Waals surface area contributed by atoms with Gasteiger partial charge in [0.25, 0.3) is 5.69 Å². The van der Waals surface area contributed by atoms with Gasteiger partial charge in [0.15, 0.2) is 0 Å². The second kappa shape index (κ2) is 9.99. The fourth-order valence-electron chi connectivity index (χ4n) is 2.63. The van der Waals surface area contributed by atoms with E-state index in [1.165, 1.54) is 22.7 Å². The van der Waals surface area contributed by atoms with Crippen LogP contribution in [0, 0.1) is 10.1 Å². The van der Waals surface area contributed by atoms with Crippen LogP contribution in [0.3, 0.4) is 0 Å². The first-order valence-electron chi connectivity index (χ1n) is 9.14. The van der Waals surface area contributed by atoms with E-state index >= 15 is 0 Å². The van der Waals surface area contributed by atoms with Crippen molar-refractivity contribution in [1.29, 1.82) is 0 Å². The number of non-ortho nitro benzene ring substituents is 1. The Balaban J connectivity index is 2.33. The summed E-state index contributed by atoms with van der Waals surface area (Å²) >= 11 is 0. The minimum atomic E-state index is -3.92. The van der Waals surface area contributed by atoms with E-state index in [1.54, 1.807) is 38.1 Å². The van der Waals surface area contributed by atoms with Crippen molar-refractivity contribution in [2.24, 2.45) is 5.10 Å². The van der Waals surface area contributed by atoms with Gasteiger partial charge in [-0.2, -0.15) is 9.41 Å². The molecule has 9 nitrogen and oxygen atoms in total. The summed E-state index contributed by atoms with van der Waals surface area (Å²) in [4.78, 5) is 10.3. The van der Waals surface area contributed by atoms with Gasteiger partial charge in [-0.15, -0.1) is 0 Å². The molecule has 0 atom stereocenters. The average Bonchev–Trinajstić information content (AvgIpc) is 2.70. The van der Waals surface area contributed by atoms with E-state index in [4.69, 9.17) is 4.74 Å². The summed E-state index contributed by atoms with van der Waals surface area (Å²) in [7, 11) is -3.92. The predicted molar refractivity (Wildman–Crippen MR) is 112 cm³/mol. The summed E-state index contributed by atoms with van der Waals surface area (Å²) in [5.41, 5.74) is 3.31. The van der Waals surface area contributed by atoms with Gasteiger partial charge in [-0.3, -0.25) is 15.5 Å². The fourth-order valence-corrected chi connectivity index (χ4v) is 4.25. The van der Waals surface area contributed by atoms with Crippen molar-refractivity contribution in [2.75, 3.05) is 25.1 Å². The highest BCUT2D eigenvalue weighted by molar-refractivity contribution is 7.89. The molecule has 0 saturated carbocycles. The van der Waals surface area contributed by atoms with Crippen molar-refractivity contribution in [3.8, 4) is 5.75 Å². The molecule has 0 saturated heterocycles. The molecule has 10 heteroatoms. The molecule has 0 amide bonds. The first-order valence-corrected chi connectivity index (χ1v) is 10.6. The number of hydrogen-bond donors (Lipinski definition) is 1. The molecule has 0 aromatic heterocycles. The van der Waals surface area contributed by atoms with Crippen molar-refractivity contribution in [3.05, 3.63) is 58.1 Å². The zero-order valence-electron chi connectivity index (χ0n) is 16.5. The number of sulfonamides is 1. The van der Waals surface area contributed by atoms with Gasteiger partial charge in [0.1, 0.15) is 10.6 Å². The Bertz CT molecular complexity index is 971. The maximum atomic E-state index is 12.9. The molecule has 0 fully saturated rings. The van der Waals surface area contributed by atoms with Crippen LogP contribution in [-0.2, 0) is 10.0 Å². The fraction of sp³-hybridized carbons (Fsp3) is 0.316. The van der Waals surface area contributed by atoms with Crippen molar-refractivity contribution >= 4 is 27.6 Å². The minimum absolute atomic E-state index is 0.157. The Morgan fingerprint density at radius 2 is 1.79 bits per heavy atom. The van der Waals surface area contributed by atoms with Crippen LogP contribution in [0.2, 0.25) is 0 Å². The van der Waals surface area contributed by atoms with Crippen LogP contribution in [0.15, 0.2) is 52.5 Å².